The average Bonchev–Trinajstić information content (AvgIpc) is 2.40. The summed E-state index contributed by atoms with van der Waals surface area (Å²) in [4.78, 5) is 5.07. The van der Waals surface area contributed by atoms with Gasteiger partial charge in [0.05, 0.1) is 12.9 Å². The Bertz CT molecular complexity index is 203. The van der Waals surface area contributed by atoms with E-state index in [1.807, 2.05) is 17.0 Å². The maximum Gasteiger partial charge on any atom is 0.0949 e. The van der Waals surface area contributed by atoms with Gasteiger partial charge in [-0.25, -0.2) is 4.98 Å². The second-order valence-electron chi connectivity index (χ2n) is 1.98. The highest BCUT2D eigenvalue weighted by Gasteiger charge is 1.91. The summed E-state index contributed by atoms with van der Waals surface area (Å²) >= 11 is 1.68. The number of nitrogens with zero attached hydrogens (tertiary/aromatic N) is 2. The second-order valence-corrected chi connectivity index (χ2v) is 2.96. The number of hydrogen-bond donors (Lipinski definition) is 0. The molecular formula is C7H10N2S. The van der Waals surface area contributed by atoms with E-state index >= 15 is 0 Å². The summed E-state index contributed by atoms with van der Waals surface area (Å²) in [7, 11) is 0. The van der Waals surface area contributed by atoms with Crippen molar-refractivity contribution >= 4 is 11.8 Å². The first kappa shape index (κ1) is 7.41. The summed E-state index contributed by atoms with van der Waals surface area (Å²) in [6, 6.07) is 0. The van der Waals surface area contributed by atoms with Crippen LogP contribution < -0.4 is 0 Å². The van der Waals surface area contributed by atoms with Gasteiger partial charge in [-0.05, 0) is 11.2 Å². The predicted octanol–water partition coefficient (Wildman–Crippen LogP) is 1.76. The van der Waals surface area contributed by atoms with Gasteiger partial charge in [-0.3, -0.25) is 0 Å². The largest absolute Gasteiger partial charge is 0.333 e. The third kappa shape index (κ3) is 1.92. The van der Waals surface area contributed by atoms with Crippen molar-refractivity contribution in [3.8, 4) is 0 Å². The quantitative estimate of drug-likeness (QED) is 0.660. The van der Waals surface area contributed by atoms with E-state index in [1.54, 1.807) is 24.3 Å². The molecule has 3 heteroatoms. The zero-order valence-electron chi connectivity index (χ0n) is 5.95. The molecule has 0 aliphatic rings. The minimum atomic E-state index is 0.862. The number of rotatable bonds is 3. The van der Waals surface area contributed by atoms with E-state index in [1.165, 1.54) is 0 Å². The summed E-state index contributed by atoms with van der Waals surface area (Å²) in [5.41, 5.74) is 0. The highest BCUT2D eigenvalue weighted by atomic mass is 32.2. The van der Waals surface area contributed by atoms with Crippen LogP contribution in [0, 0.1) is 0 Å². The van der Waals surface area contributed by atoms with Gasteiger partial charge in [0, 0.05) is 12.4 Å². The van der Waals surface area contributed by atoms with E-state index in [4.69, 9.17) is 0 Å². The molecule has 2 nitrogen and oxygen atoms in total. The van der Waals surface area contributed by atoms with Crippen LogP contribution in [0.2, 0.25) is 0 Å². The Hall–Kier alpha value is -0.700. The number of thioether (sulfide) groups is 1. The molecule has 0 fully saturated rings. The first-order chi connectivity index (χ1) is 4.83. The van der Waals surface area contributed by atoms with Gasteiger partial charge >= 0.3 is 0 Å². The molecule has 0 N–H and O–H groups in total. The Balaban J connectivity index is 2.48. The Morgan fingerprint density at radius 1 is 1.80 bits per heavy atom. The van der Waals surface area contributed by atoms with Gasteiger partial charge in [0.25, 0.3) is 0 Å². The molecule has 10 heavy (non-hydrogen) atoms. The van der Waals surface area contributed by atoms with Crippen molar-refractivity contribution < 1.29 is 0 Å². The molecule has 1 aromatic heterocycles. The molecule has 0 bridgehead atoms. The number of aromatic nitrogens is 2. The van der Waals surface area contributed by atoms with E-state index in [-0.39, 0.29) is 0 Å². The van der Waals surface area contributed by atoms with Gasteiger partial charge in [-0.15, -0.1) is 11.8 Å². The summed E-state index contributed by atoms with van der Waals surface area (Å²) in [5.74, 6) is 0. The minimum absolute atomic E-state index is 0.862. The van der Waals surface area contributed by atoms with Crippen molar-refractivity contribution in [2.24, 2.45) is 0 Å². The molecule has 0 saturated heterocycles. The second kappa shape index (κ2) is 3.46. The number of hydrogen-bond acceptors (Lipinski definition) is 2. The molecular weight excluding hydrogens is 144 g/mol. The van der Waals surface area contributed by atoms with Crippen molar-refractivity contribution in [1.29, 1.82) is 0 Å². The van der Waals surface area contributed by atoms with Crippen LogP contribution in [-0.2, 0) is 6.54 Å². The highest BCUT2D eigenvalue weighted by Crippen LogP contribution is 2.09. The van der Waals surface area contributed by atoms with Gasteiger partial charge < -0.3 is 4.57 Å². The van der Waals surface area contributed by atoms with Crippen molar-refractivity contribution in [3.63, 3.8) is 0 Å². The highest BCUT2D eigenvalue weighted by molar-refractivity contribution is 8.02. The van der Waals surface area contributed by atoms with Crippen LogP contribution in [0.1, 0.15) is 0 Å². The first-order valence-corrected chi connectivity index (χ1v) is 4.23. The van der Waals surface area contributed by atoms with Gasteiger partial charge in [-0.2, -0.15) is 0 Å². The molecule has 54 valence electrons. The van der Waals surface area contributed by atoms with E-state index < -0.39 is 0 Å². The fourth-order valence-electron chi connectivity index (χ4n) is 0.648. The monoisotopic (exact) mass is 154 g/mol. The van der Waals surface area contributed by atoms with Crippen molar-refractivity contribution in [2.75, 3.05) is 6.26 Å². The average molecular weight is 154 g/mol. The third-order valence-corrected chi connectivity index (χ3v) is 1.91. The molecule has 0 aromatic carbocycles. The van der Waals surface area contributed by atoms with Gasteiger partial charge in [-0.1, -0.05) is 6.58 Å². The van der Waals surface area contributed by atoms with Crippen LogP contribution in [0.15, 0.2) is 30.2 Å². The fraction of sp³-hybridized carbons (Fsp3) is 0.286. The Morgan fingerprint density at radius 3 is 3.10 bits per heavy atom. The molecule has 1 aromatic rings. The van der Waals surface area contributed by atoms with E-state index in [9.17, 15) is 0 Å². The zero-order valence-corrected chi connectivity index (χ0v) is 6.77. The van der Waals surface area contributed by atoms with Crippen LogP contribution in [0.3, 0.4) is 0 Å². The SMILES string of the molecule is C=C(Cn1ccnc1)SC. The molecule has 1 rings (SSSR count). The van der Waals surface area contributed by atoms with E-state index in [2.05, 4.69) is 11.6 Å². The van der Waals surface area contributed by atoms with Gasteiger partial charge in [0.2, 0.25) is 0 Å². The molecule has 0 unspecified atom stereocenters. The van der Waals surface area contributed by atoms with Crippen molar-refractivity contribution in [2.45, 2.75) is 6.54 Å². The lowest BCUT2D eigenvalue weighted by atomic mass is 10.6. The van der Waals surface area contributed by atoms with E-state index in [0.29, 0.717) is 0 Å². The van der Waals surface area contributed by atoms with Crippen LogP contribution in [0.5, 0.6) is 0 Å². The zero-order chi connectivity index (χ0) is 7.40. The molecule has 0 aliphatic carbocycles. The lowest BCUT2D eigenvalue weighted by Crippen LogP contribution is -1.93. The maximum absolute atomic E-state index is 3.92. The van der Waals surface area contributed by atoms with Crippen LogP contribution in [0.25, 0.3) is 0 Å². The normalized spacial score (nSPS) is 9.70. The third-order valence-electron chi connectivity index (χ3n) is 1.21. The predicted molar refractivity (Wildman–Crippen MR) is 44.9 cm³/mol. The number of imidazole rings is 1. The summed E-state index contributed by atoms with van der Waals surface area (Å²) in [6.45, 7) is 4.72. The standard InChI is InChI=1S/C7H10N2S/c1-7(10-2)5-9-4-3-8-6-9/h3-4,6H,1,5H2,2H3. The van der Waals surface area contributed by atoms with E-state index in [0.717, 1.165) is 11.4 Å². The lowest BCUT2D eigenvalue weighted by molar-refractivity contribution is 0.814. The summed E-state index contributed by atoms with van der Waals surface area (Å²) in [5, 5.41) is 0. The molecule has 0 spiro atoms. The van der Waals surface area contributed by atoms with Crippen LogP contribution in [-0.4, -0.2) is 15.8 Å². The van der Waals surface area contributed by atoms with Crippen LogP contribution >= 0.6 is 11.8 Å². The topological polar surface area (TPSA) is 17.8 Å². The molecule has 0 atom stereocenters. The Labute approximate surface area is 65.0 Å². The molecule has 0 amide bonds. The van der Waals surface area contributed by atoms with Gasteiger partial charge in [0.1, 0.15) is 0 Å². The first-order valence-electron chi connectivity index (χ1n) is 3.00. The van der Waals surface area contributed by atoms with Crippen molar-refractivity contribution in [3.05, 3.63) is 30.2 Å². The smallest absolute Gasteiger partial charge is 0.0949 e. The molecule has 0 aliphatic heterocycles. The number of allylic oxidation sites excluding steroid dienone is 1. The molecule has 0 saturated carbocycles. The molecule has 1 heterocycles. The van der Waals surface area contributed by atoms with Gasteiger partial charge in [0.15, 0.2) is 0 Å². The molecule has 0 radical (unpaired) electrons. The van der Waals surface area contributed by atoms with Crippen molar-refractivity contribution in [1.82, 2.24) is 9.55 Å². The fourth-order valence-corrected chi connectivity index (χ4v) is 0.927. The minimum Gasteiger partial charge on any atom is -0.333 e. The van der Waals surface area contributed by atoms with Crippen LogP contribution in [0.4, 0.5) is 0 Å². The maximum atomic E-state index is 3.92. The summed E-state index contributed by atoms with van der Waals surface area (Å²) < 4.78 is 2.00. The lowest BCUT2D eigenvalue weighted by Gasteiger charge is -2.00. The summed E-state index contributed by atoms with van der Waals surface area (Å²) in [6.07, 6.45) is 7.52. The Kier molecular flexibility index (Phi) is 2.57. The Morgan fingerprint density at radius 2 is 2.60 bits per heavy atom.